The van der Waals surface area contributed by atoms with Crippen molar-refractivity contribution in [3.8, 4) is 10.1 Å². The van der Waals surface area contributed by atoms with E-state index in [1.807, 2.05) is 31.2 Å². The van der Waals surface area contributed by atoms with E-state index in [2.05, 4.69) is 0 Å². The number of hydrogen-bond donors (Lipinski definition) is 0. The summed E-state index contributed by atoms with van der Waals surface area (Å²) in [6.45, 7) is 2.00. The Morgan fingerprint density at radius 1 is 1.08 bits per heavy atom. The summed E-state index contributed by atoms with van der Waals surface area (Å²) in [6.07, 6.45) is 1.70. The van der Waals surface area contributed by atoms with Crippen molar-refractivity contribution in [1.29, 1.82) is 0 Å². The second-order valence-electron chi connectivity index (χ2n) is 7.05. The average molecular weight is 421 g/mol. The molecule has 4 atom stereocenters. The minimum atomic E-state index is -0.673. The summed E-state index contributed by atoms with van der Waals surface area (Å²) in [5.74, 6) is -1.08. The molecule has 1 saturated carbocycles. The average Bonchev–Trinajstić information content (AvgIpc) is 3.33. The topological polar surface area (TPSA) is 56.3 Å². The molecule has 3 fully saturated rings. The zero-order valence-corrected chi connectivity index (χ0v) is 16.0. The van der Waals surface area contributed by atoms with E-state index in [0.717, 1.165) is 27.4 Å². The first-order valence-electron chi connectivity index (χ1n) is 8.51. The van der Waals surface area contributed by atoms with Crippen molar-refractivity contribution in [3.05, 3.63) is 39.4 Å². The van der Waals surface area contributed by atoms with Gasteiger partial charge in [0.1, 0.15) is 0 Å². The second-order valence-corrected chi connectivity index (χ2v) is 10.0. The van der Waals surface area contributed by atoms with Gasteiger partial charge in [-0.15, -0.1) is 0 Å². The molecule has 2 aromatic rings. The molecule has 2 saturated heterocycles. The number of ether oxygens (including phenoxy) is 1. The fourth-order valence-corrected chi connectivity index (χ4v) is 6.72. The van der Waals surface area contributed by atoms with Crippen LogP contribution in [0.1, 0.15) is 28.9 Å². The summed E-state index contributed by atoms with van der Waals surface area (Å²) in [6, 6.07) is 7.57. The Bertz CT molecular complexity index is 863. The van der Waals surface area contributed by atoms with Crippen molar-refractivity contribution >= 4 is 37.7 Å². The van der Waals surface area contributed by atoms with Crippen LogP contribution in [0.3, 0.4) is 0 Å². The van der Waals surface area contributed by atoms with Gasteiger partial charge < -0.3 is 0 Å². The molecule has 1 aromatic heterocycles. The Morgan fingerprint density at radius 3 is 2.28 bits per heavy atom. The number of aryl methyl sites for hydroxylation is 1. The number of ketones is 2. The number of halogens is 1. The number of benzene rings is 1. The van der Waals surface area contributed by atoms with Crippen LogP contribution >= 0.6 is 11.6 Å². The number of fused-ring (bicyclic) bond motifs is 5. The zero-order valence-electron chi connectivity index (χ0n) is 13.6. The molecule has 2 bridgehead atoms. The third kappa shape index (κ3) is 2.26. The van der Waals surface area contributed by atoms with Crippen molar-refractivity contribution in [1.82, 2.24) is 4.98 Å². The molecular formula is C19H16ClNO3Se. The zero-order chi connectivity index (χ0) is 17.3. The summed E-state index contributed by atoms with van der Waals surface area (Å²) >= 11 is 6.00. The summed E-state index contributed by atoms with van der Waals surface area (Å²) in [5, 5.41) is 0.684. The van der Waals surface area contributed by atoms with Crippen molar-refractivity contribution in [3.63, 3.8) is 0 Å². The molecular weight excluding hydrogens is 405 g/mol. The Morgan fingerprint density at radius 2 is 1.68 bits per heavy atom. The molecule has 128 valence electrons. The molecule has 4 unspecified atom stereocenters. The van der Waals surface area contributed by atoms with Crippen LogP contribution in [0, 0.1) is 18.8 Å². The molecule has 0 radical (unpaired) electrons. The predicted molar refractivity (Wildman–Crippen MR) is 94.0 cm³/mol. The van der Waals surface area contributed by atoms with Gasteiger partial charge in [-0.2, -0.15) is 0 Å². The van der Waals surface area contributed by atoms with Crippen LogP contribution in [0.25, 0.3) is 10.1 Å². The third-order valence-corrected chi connectivity index (χ3v) is 8.12. The SMILES string of the molecule is Cc1[se]c(-c2ccc(Cl)cc2)nc1C1C(=O)C2C3CCC(O3)C2C1=O. The second kappa shape index (κ2) is 5.62. The monoisotopic (exact) mass is 421 g/mol. The molecule has 6 heteroatoms. The summed E-state index contributed by atoms with van der Waals surface area (Å²) in [5.41, 5.74) is 1.72. The third-order valence-electron chi connectivity index (χ3n) is 5.70. The summed E-state index contributed by atoms with van der Waals surface area (Å²) in [7, 11) is 0. The number of aromatic nitrogens is 1. The maximum absolute atomic E-state index is 13.0. The van der Waals surface area contributed by atoms with Crippen molar-refractivity contribution in [2.24, 2.45) is 11.8 Å². The maximum atomic E-state index is 13.0. The van der Waals surface area contributed by atoms with Crippen LogP contribution in [0.2, 0.25) is 5.02 Å². The van der Waals surface area contributed by atoms with E-state index in [9.17, 15) is 9.59 Å². The van der Waals surface area contributed by atoms with Gasteiger partial charge >= 0.3 is 156 Å². The van der Waals surface area contributed by atoms with Gasteiger partial charge in [-0.25, -0.2) is 0 Å². The number of nitrogens with zero attached hydrogens (tertiary/aromatic N) is 1. The van der Waals surface area contributed by atoms with Crippen LogP contribution in [0.5, 0.6) is 0 Å². The van der Waals surface area contributed by atoms with Gasteiger partial charge in [-0.1, -0.05) is 0 Å². The Hall–Kier alpha value is -1.26. The van der Waals surface area contributed by atoms with Crippen LogP contribution < -0.4 is 0 Å². The number of Topliss-reactive ketones (excluding diaryl/α,β-unsaturated/α-hetero) is 2. The minimum absolute atomic E-state index is 0.0356. The predicted octanol–water partition coefficient (Wildman–Crippen LogP) is 2.80. The first-order valence-corrected chi connectivity index (χ1v) is 10.6. The van der Waals surface area contributed by atoms with Crippen molar-refractivity contribution in [2.75, 3.05) is 0 Å². The summed E-state index contributed by atoms with van der Waals surface area (Å²) in [4.78, 5) is 30.7. The first-order chi connectivity index (χ1) is 12.0. The van der Waals surface area contributed by atoms with Gasteiger partial charge in [0.25, 0.3) is 0 Å². The van der Waals surface area contributed by atoms with E-state index in [4.69, 9.17) is 21.3 Å². The van der Waals surface area contributed by atoms with Crippen LogP contribution in [-0.2, 0) is 14.3 Å². The fourth-order valence-electron chi connectivity index (χ4n) is 4.59. The van der Waals surface area contributed by atoms with Crippen LogP contribution in [0.4, 0.5) is 0 Å². The van der Waals surface area contributed by atoms with E-state index in [1.165, 1.54) is 0 Å². The van der Waals surface area contributed by atoms with E-state index in [-0.39, 0.29) is 50.1 Å². The normalized spacial score (nSPS) is 33.3. The number of carbonyl (C=O) groups excluding carboxylic acids is 2. The Kier molecular flexibility index (Phi) is 3.58. The molecule has 5 rings (SSSR count). The van der Waals surface area contributed by atoms with Gasteiger partial charge in [0, 0.05) is 0 Å². The van der Waals surface area contributed by atoms with Crippen molar-refractivity contribution < 1.29 is 14.3 Å². The van der Waals surface area contributed by atoms with E-state index < -0.39 is 5.92 Å². The van der Waals surface area contributed by atoms with Gasteiger partial charge in [-0.3, -0.25) is 0 Å². The van der Waals surface area contributed by atoms with Crippen LogP contribution in [-0.4, -0.2) is 43.3 Å². The molecule has 1 aromatic carbocycles. The number of carbonyl (C=O) groups is 2. The molecule has 3 aliphatic rings. The molecule has 3 heterocycles. The standard InChI is InChI=1S/C19H16ClNO3Se/c1-8-16(21-19(25-8)9-2-4-10(20)5-3-9)15-17(22)13-11-6-7-12(24-11)14(13)18(15)23/h2-5,11-15H,6-7H2,1H3. The molecule has 0 N–H and O–H groups in total. The molecule has 4 nitrogen and oxygen atoms in total. The Balaban J connectivity index is 1.53. The molecule has 25 heavy (non-hydrogen) atoms. The molecule has 2 aliphatic heterocycles. The molecule has 0 amide bonds. The van der Waals surface area contributed by atoms with Crippen LogP contribution in [0.15, 0.2) is 24.3 Å². The first kappa shape index (κ1) is 16.0. The van der Waals surface area contributed by atoms with Gasteiger partial charge in [-0.05, 0) is 0 Å². The number of rotatable bonds is 2. The Labute approximate surface area is 156 Å². The van der Waals surface area contributed by atoms with Gasteiger partial charge in [0.15, 0.2) is 0 Å². The number of hydrogen-bond acceptors (Lipinski definition) is 4. The fraction of sp³-hybridized carbons (Fsp3) is 0.421. The van der Waals surface area contributed by atoms with Crippen molar-refractivity contribution in [2.45, 2.75) is 37.9 Å². The van der Waals surface area contributed by atoms with Gasteiger partial charge in [0.2, 0.25) is 0 Å². The van der Waals surface area contributed by atoms with E-state index >= 15 is 0 Å². The van der Waals surface area contributed by atoms with E-state index in [0.29, 0.717) is 10.7 Å². The van der Waals surface area contributed by atoms with Gasteiger partial charge in [0.05, 0.1) is 0 Å². The quantitative estimate of drug-likeness (QED) is 0.554. The molecule has 1 aliphatic carbocycles. The van der Waals surface area contributed by atoms with E-state index in [1.54, 1.807) is 0 Å². The summed E-state index contributed by atoms with van der Waals surface area (Å²) < 4.78 is 7.86. The molecule has 0 spiro atoms.